The monoisotopic (exact) mass is 402 g/mol. The molecule has 27 heavy (non-hydrogen) atoms. The van der Waals surface area contributed by atoms with E-state index in [4.69, 9.17) is 9.72 Å². The number of carbonyl (C=O) groups is 1. The van der Waals surface area contributed by atoms with Gasteiger partial charge in [0.15, 0.2) is 10.8 Å². The highest BCUT2D eigenvalue weighted by molar-refractivity contribution is 7.99. The zero-order chi connectivity index (χ0) is 18.8. The molecule has 0 radical (unpaired) electrons. The Morgan fingerprint density at radius 3 is 2.89 bits per heavy atom. The van der Waals surface area contributed by atoms with Crippen molar-refractivity contribution >= 4 is 44.4 Å². The van der Waals surface area contributed by atoms with Crippen LogP contribution in [-0.4, -0.2) is 51.9 Å². The van der Waals surface area contributed by atoms with Gasteiger partial charge in [-0.15, -0.1) is 0 Å². The predicted octanol–water partition coefficient (Wildman–Crippen LogP) is 3.58. The van der Waals surface area contributed by atoms with Crippen LogP contribution in [-0.2, 0) is 11.3 Å². The van der Waals surface area contributed by atoms with Gasteiger partial charge in [-0.3, -0.25) is 4.68 Å². The molecule has 2 aromatic heterocycles. The summed E-state index contributed by atoms with van der Waals surface area (Å²) in [5.41, 5.74) is 3.43. The first-order chi connectivity index (χ1) is 13.2. The van der Waals surface area contributed by atoms with Crippen molar-refractivity contribution < 1.29 is 9.53 Å². The number of carbonyl (C=O) groups excluding carboxylic acids is 1. The first kappa shape index (κ1) is 18.3. The number of ether oxygens (including phenoxy) is 1. The molecule has 0 spiro atoms. The number of nitrogens with zero attached hydrogens (tertiary/aromatic N) is 4. The highest BCUT2D eigenvalue weighted by atomic mass is 32.2. The lowest BCUT2D eigenvalue weighted by molar-refractivity contribution is 0.0518. The number of thioether (sulfide) groups is 1. The van der Waals surface area contributed by atoms with Crippen molar-refractivity contribution in [3.63, 3.8) is 0 Å². The van der Waals surface area contributed by atoms with Crippen molar-refractivity contribution in [2.24, 2.45) is 0 Å². The van der Waals surface area contributed by atoms with Gasteiger partial charge in [-0.2, -0.15) is 16.9 Å². The molecule has 0 unspecified atom stereocenters. The van der Waals surface area contributed by atoms with E-state index in [0.717, 1.165) is 46.5 Å². The molecule has 1 aliphatic heterocycles. The Hall–Kier alpha value is -2.06. The number of benzene rings is 1. The molecule has 0 aliphatic carbocycles. The molecule has 0 amide bonds. The molecule has 4 rings (SSSR count). The topological polar surface area (TPSA) is 60.2 Å². The summed E-state index contributed by atoms with van der Waals surface area (Å²) in [6, 6.07) is 8.05. The number of hydrogen-bond acceptors (Lipinski definition) is 7. The van der Waals surface area contributed by atoms with Crippen LogP contribution in [0.5, 0.6) is 0 Å². The summed E-state index contributed by atoms with van der Waals surface area (Å²) in [5.74, 6) is 1.94. The van der Waals surface area contributed by atoms with Crippen LogP contribution >= 0.6 is 23.1 Å². The van der Waals surface area contributed by atoms with Crippen molar-refractivity contribution in [2.75, 3.05) is 36.1 Å². The Balaban J connectivity index is 1.62. The maximum Gasteiger partial charge on any atom is 0.358 e. The fourth-order valence-electron chi connectivity index (χ4n) is 3.15. The van der Waals surface area contributed by atoms with Crippen LogP contribution in [0.15, 0.2) is 24.3 Å². The van der Waals surface area contributed by atoms with Gasteiger partial charge in [-0.25, -0.2) is 9.78 Å². The van der Waals surface area contributed by atoms with Gasteiger partial charge in [0.2, 0.25) is 0 Å². The van der Waals surface area contributed by atoms with Crippen molar-refractivity contribution in [1.29, 1.82) is 0 Å². The Bertz CT molecular complexity index is 960. The fourth-order valence-corrected chi connectivity index (χ4v) is 5.12. The van der Waals surface area contributed by atoms with Gasteiger partial charge in [0.25, 0.3) is 0 Å². The number of rotatable bonds is 5. The molecule has 1 fully saturated rings. The van der Waals surface area contributed by atoms with Crippen LogP contribution in [0.2, 0.25) is 0 Å². The van der Waals surface area contributed by atoms with Crippen LogP contribution in [0.25, 0.3) is 10.2 Å². The molecule has 0 N–H and O–H groups in total. The van der Waals surface area contributed by atoms with E-state index in [9.17, 15) is 4.79 Å². The minimum atomic E-state index is -0.378. The minimum absolute atomic E-state index is 0.348. The Morgan fingerprint density at radius 2 is 2.11 bits per heavy atom. The second-order valence-corrected chi connectivity index (χ2v) is 8.64. The minimum Gasteiger partial charge on any atom is -0.461 e. The molecule has 1 aromatic carbocycles. The molecule has 1 aliphatic rings. The SMILES string of the molecule is CCOC(=O)c1cc(C)n(Cc2cccc3sc(N4CCSCC4)nc23)n1. The number of esters is 1. The highest BCUT2D eigenvalue weighted by Crippen LogP contribution is 2.32. The molecule has 0 atom stereocenters. The quantitative estimate of drug-likeness (QED) is 0.608. The molecule has 6 nitrogen and oxygen atoms in total. The molecule has 0 saturated carbocycles. The first-order valence-electron chi connectivity index (χ1n) is 9.08. The summed E-state index contributed by atoms with van der Waals surface area (Å²) < 4.78 is 8.09. The second-order valence-electron chi connectivity index (χ2n) is 6.41. The second kappa shape index (κ2) is 7.90. The van der Waals surface area contributed by atoms with Crippen LogP contribution in [0, 0.1) is 6.92 Å². The van der Waals surface area contributed by atoms with Gasteiger partial charge in [0.05, 0.1) is 23.4 Å². The van der Waals surface area contributed by atoms with Crippen LogP contribution in [0.1, 0.15) is 28.7 Å². The molecular weight excluding hydrogens is 380 g/mol. The highest BCUT2D eigenvalue weighted by Gasteiger charge is 2.18. The first-order valence-corrected chi connectivity index (χ1v) is 11.1. The lowest BCUT2D eigenvalue weighted by Gasteiger charge is -2.25. The van der Waals surface area contributed by atoms with Gasteiger partial charge >= 0.3 is 5.97 Å². The smallest absolute Gasteiger partial charge is 0.358 e. The lowest BCUT2D eigenvalue weighted by Crippen LogP contribution is -2.32. The van der Waals surface area contributed by atoms with Crippen molar-refractivity contribution in [3.8, 4) is 0 Å². The molecule has 142 valence electrons. The molecule has 3 aromatic rings. The van der Waals surface area contributed by atoms with Gasteiger partial charge in [0.1, 0.15) is 0 Å². The third-order valence-electron chi connectivity index (χ3n) is 4.56. The Morgan fingerprint density at radius 1 is 1.30 bits per heavy atom. The largest absolute Gasteiger partial charge is 0.461 e. The molecule has 8 heteroatoms. The van der Waals surface area contributed by atoms with E-state index in [1.807, 2.05) is 23.4 Å². The Kier molecular flexibility index (Phi) is 5.36. The number of hydrogen-bond donors (Lipinski definition) is 0. The van der Waals surface area contributed by atoms with Crippen molar-refractivity contribution in [2.45, 2.75) is 20.4 Å². The number of aromatic nitrogens is 3. The van der Waals surface area contributed by atoms with Gasteiger partial charge in [0, 0.05) is 35.9 Å². The molecular formula is C19H22N4O2S2. The van der Waals surface area contributed by atoms with Crippen molar-refractivity contribution in [3.05, 3.63) is 41.2 Å². The third kappa shape index (κ3) is 3.82. The predicted molar refractivity (Wildman–Crippen MR) is 111 cm³/mol. The van der Waals surface area contributed by atoms with E-state index in [2.05, 4.69) is 28.2 Å². The summed E-state index contributed by atoms with van der Waals surface area (Å²) in [4.78, 5) is 19.3. The maximum absolute atomic E-state index is 11.9. The third-order valence-corrected chi connectivity index (χ3v) is 6.58. The zero-order valence-corrected chi connectivity index (χ0v) is 17.1. The number of thiazole rings is 1. The van der Waals surface area contributed by atoms with E-state index in [0.29, 0.717) is 18.8 Å². The van der Waals surface area contributed by atoms with Crippen LogP contribution < -0.4 is 4.90 Å². The lowest BCUT2D eigenvalue weighted by atomic mass is 10.2. The molecule has 0 bridgehead atoms. The summed E-state index contributed by atoms with van der Waals surface area (Å²) >= 11 is 3.75. The van der Waals surface area contributed by atoms with Crippen LogP contribution in [0.4, 0.5) is 5.13 Å². The summed E-state index contributed by atoms with van der Waals surface area (Å²) in [7, 11) is 0. The van der Waals surface area contributed by atoms with E-state index in [-0.39, 0.29) is 5.97 Å². The van der Waals surface area contributed by atoms with Gasteiger partial charge < -0.3 is 9.64 Å². The van der Waals surface area contributed by atoms with E-state index < -0.39 is 0 Å². The molecule has 3 heterocycles. The number of fused-ring (bicyclic) bond motifs is 1. The standard InChI is InChI=1S/C19H22N4O2S2/c1-3-25-18(24)15-11-13(2)23(21-15)12-14-5-4-6-16-17(14)20-19(27-16)22-7-9-26-10-8-22/h4-6,11H,3,7-10,12H2,1-2H3. The van der Waals surface area contributed by atoms with Gasteiger partial charge in [-0.1, -0.05) is 23.5 Å². The zero-order valence-electron chi connectivity index (χ0n) is 15.5. The van der Waals surface area contributed by atoms with Crippen LogP contribution in [0.3, 0.4) is 0 Å². The Labute approximate surface area is 166 Å². The van der Waals surface area contributed by atoms with E-state index in [1.54, 1.807) is 24.3 Å². The fraction of sp³-hybridized carbons (Fsp3) is 0.421. The summed E-state index contributed by atoms with van der Waals surface area (Å²) in [6.07, 6.45) is 0. The summed E-state index contributed by atoms with van der Waals surface area (Å²) in [5, 5.41) is 5.53. The number of anilines is 1. The maximum atomic E-state index is 11.9. The summed E-state index contributed by atoms with van der Waals surface area (Å²) in [6.45, 7) is 6.79. The average molecular weight is 403 g/mol. The normalized spacial score (nSPS) is 14.7. The molecule has 1 saturated heterocycles. The van der Waals surface area contributed by atoms with Gasteiger partial charge in [-0.05, 0) is 26.0 Å². The average Bonchev–Trinajstić information content (AvgIpc) is 3.27. The van der Waals surface area contributed by atoms with E-state index in [1.165, 1.54) is 4.70 Å². The number of para-hydroxylation sites is 1. The van der Waals surface area contributed by atoms with E-state index >= 15 is 0 Å². The number of aryl methyl sites for hydroxylation is 1. The van der Waals surface area contributed by atoms with Crippen molar-refractivity contribution in [1.82, 2.24) is 14.8 Å².